The molecule has 0 aromatic heterocycles. The highest BCUT2D eigenvalue weighted by atomic mass is 79.9. The van der Waals surface area contributed by atoms with Gasteiger partial charge in [-0.3, -0.25) is 4.99 Å². The molecule has 0 unspecified atom stereocenters. The molecule has 1 aromatic rings. The summed E-state index contributed by atoms with van der Waals surface area (Å²) in [5, 5.41) is 0.883. The minimum Gasteiger partial charge on any atom is -0.473 e. The van der Waals surface area contributed by atoms with E-state index in [1.807, 2.05) is 32.9 Å². The molecule has 0 amide bonds. The van der Waals surface area contributed by atoms with E-state index in [-0.39, 0.29) is 0 Å². The van der Waals surface area contributed by atoms with Crippen LogP contribution in [0.4, 0.5) is 0 Å². The summed E-state index contributed by atoms with van der Waals surface area (Å²) in [5.41, 5.74) is 2.41. The normalized spacial score (nSPS) is 11.1. The van der Waals surface area contributed by atoms with Gasteiger partial charge in [0.2, 0.25) is 5.90 Å². The quantitative estimate of drug-likeness (QED) is 0.447. The Bertz CT molecular complexity index is 369. The van der Waals surface area contributed by atoms with Gasteiger partial charge in [0.25, 0.3) is 0 Å². The van der Waals surface area contributed by atoms with Gasteiger partial charge in [0.15, 0.2) is 0 Å². The van der Waals surface area contributed by atoms with Crippen molar-refractivity contribution in [3.8, 4) is 0 Å². The molecule has 0 aliphatic carbocycles. The van der Waals surface area contributed by atoms with Crippen molar-refractivity contribution in [3.63, 3.8) is 0 Å². The lowest BCUT2D eigenvalue weighted by Gasteiger charge is -2.05. The summed E-state index contributed by atoms with van der Waals surface area (Å²) in [6.07, 6.45) is 3.77. The second-order valence-corrected chi connectivity index (χ2v) is 3.86. The molecule has 0 aliphatic heterocycles. The number of benzene rings is 1. The van der Waals surface area contributed by atoms with Crippen molar-refractivity contribution in [1.29, 1.82) is 0 Å². The van der Waals surface area contributed by atoms with Gasteiger partial charge < -0.3 is 4.74 Å². The Labute approximate surface area is 119 Å². The third kappa shape index (κ3) is 6.60. The van der Waals surface area contributed by atoms with Gasteiger partial charge in [0, 0.05) is 12.4 Å². The van der Waals surface area contributed by atoms with Crippen molar-refractivity contribution in [2.45, 2.75) is 32.7 Å². The smallest absolute Gasteiger partial charge is 0.208 e. The largest absolute Gasteiger partial charge is 0.473 e. The molecule has 0 fully saturated rings. The number of aliphatic imine (C=N–C) groups is 1. The van der Waals surface area contributed by atoms with Crippen LogP contribution in [0.1, 0.15) is 31.9 Å². The van der Waals surface area contributed by atoms with Crippen LogP contribution in [-0.2, 0) is 16.7 Å². The second-order valence-electron chi connectivity index (χ2n) is 3.30. The molecule has 0 saturated heterocycles. The Balaban J connectivity index is 0.00000137. The number of nitrogens with zero attached hydrogens (tertiary/aromatic N) is 1. The van der Waals surface area contributed by atoms with Crippen LogP contribution in [0.3, 0.4) is 0 Å². The van der Waals surface area contributed by atoms with Gasteiger partial charge in [-0.1, -0.05) is 60.1 Å². The summed E-state index contributed by atoms with van der Waals surface area (Å²) in [7, 11) is 1.73. The molecule has 0 bridgehead atoms. The molecule has 3 heteroatoms. The minimum absolute atomic E-state index is 0.555. The lowest BCUT2D eigenvalue weighted by atomic mass is 10.2. The number of hydrogen-bond acceptors (Lipinski definition) is 2. The van der Waals surface area contributed by atoms with E-state index < -0.39 is 0 Å². The first-order chi connectivity index (χ1) is 8.80. The van der Waals surface area contributed by atoms with Crippen LogP contribution in [0.15, 0.2) is 41.4 Å². The van der Waals surface area contributed by atoms with Crippen LogP contribution >= 0.6 is 15.9 Å². The number of hydrogen-bond donors (Lipinski definition) is 0. The summed E-state index contributed by atoms with van der Waals surface area (Å²) < 4.78 is 5.54. The van der Waals surface area contributed by atoms with Crippen molar-refractivity contribution in [2.24, 2.45) is 4.99 Å². The van der Waals surface area contributed by atoms with Gasteiger partial charge in [-0.2, -0.15) is 0 Å². The first-order valence-electron chi connectivity index (χ1n) is 6.16. The van der Waals surface area contributed by atoms with Crippen LogP contribution in [0.2, 0.25) is 0 Å². The summed E-state index contributed by atoms with van der Waals surface area (Å²) in [4.78, 5) is 4.03. The summed E-state index contributed by atoms with van der Waals surface area (Å²) in [5.74, 6) is 0.659. The zero-order valence-electron chi connectivity index (χ0n) is 11.6. The Morgan fingerprint density at radius 1 is 1.22 bits per heavy atom. The zero-order valence-corrected chi connectivity index (χ0v) is 13.2. The lowest BCUT2D eigenvalue weighted by Crippen LogP contribution is -2.01. The van der Waals surface area contributed by atoms with Gasteiger partial charge in [-0.05, 0) is 24.1 Å². The topological polar surface area (TPSA) is 21.6 Å². The SMILES string of the molecule is C/C=C\C(=NC)OCc1ccc(CBr)cc1.CC. The molecule has 1 rings (SSSR count). The molecule has 2 nitrogen and oxygen atoms in total. The molecule has 0 saturated carbocycles. The Morgan fingerprint density at radius 2 is 1.78 bits per heavy atom. The molecule has 0 atom stereocenters. The first-order valence-corrected chi connectivity index (χ1v) is 7.28. The van der Waals surface area contributed by atoms with Gasteiger partial charge in [0.1, 0.15) is 6.61 Å². The summed E-state index contributed by atoms with van der Waals surface area (Å²) in [6, 6.07) is 8.32. The predicted octanol–water partition coefficient (Wildman–Crippen LogP) is 4.73. The molecule has 1 aromatic carbocycles. The number of ether oxygens (including phenoxy) is 1. The fraction of sp³-hybridized carbons (Fsp3) is 0.400. The van der Waals surface area contributed by atoms with E-state index in [0.717, 1.165) is 10.9 Å². The highest BCUT2D eigenvalue weighted by molar-refractivity contribution is 9.08. The van der Waals surface area contributed by atoms with E-state index in [1.165, 1.54) is 5.56 Å². The number of rotatable bonds is 4. The van der Waals surface area contributed by atoms with Crippen molar-refractivity contribution in [1.82, 2.24) is 0 Å². The Morgan fingerprint density at radius 3 is 2.22 bits per heavy atom. The fourth-order valence-electron chi connectivity index (χ4n) is 1.21. The zero-order chi connectivity index (χ0) is 13.8. The van der Waals surface area contributed by atoms with Gasteiger partial charge in [-0.15, -0.1) is 0 Å². The molecule has 0 aliphatic rings. The van der Waals surface area contributed by atoms with E-state index in [9.17, 15) is 0 Å². The van der Waals surface area contributed by atoms with E-state index in [4.69, 9.17) is 4.74 Å². The average molecular weight is 312 g/mol. The summed E-state index contributed by atoms with van der Waals surface area (Å²) in [6.45, 7) is 6.50. The molecule has 0 spiro atoms. The minimum atomic E-state index is 0.555. The van der Waals surface area contributed by atoms with E-state index >= 15 is 0 Å². The second kappa shape index (κ2) is 11.0. The number of halogens is 1. The van der Waals surface area contributed by atoms with Crippen LogP contribution in [0.25, 0.3) is 0 Å². The van der Waals surface area contributed by atoms with E-state index in [0.29, 0.717) is 12.5 Å². The van der Waals surface area contributed by atoms with Gasteiger partial charge in [0.05, 0.1) is 0 Å². The molecular weight excluding hydrogens is 290 g/mol. The maximum atomic E-state index is 5.54. The van der Waals surface area contributed by atoms with Crippen LogP contribution in [0, 0.1) is 0 Å². The third-order valence-electron chi connectivity index (χ3n) is 2.09. The average Bonchev–Trinajstić information content (AvgIpc) is 2.46. The van der Waals surface area contributed by atoms with Crippen molar-refractivity contribution in [3.05, 3.63) is 47.5 Å². The van der Waals surface area contributed by atoms with Crippen LogP contribution in [0.5, 0.6) is 0 Å². The van der Waals surface area contributed by atoms with Crippen molar-refractivity contribution in [2.75, 3.05) is 7.05 Å². The molecule has 18 heavy (non-hydrogen) atoms. The molecule has 0 heterocycles. The van der Waals surface area contributed by atoms with E-state index in [1.54, 1.807) is 7.05 Å². The summed E-state index contributed by atoms with van der Waals surface area (Å²) >= 11 is 3.42. The van der Waals surface area contributed by atoms with Gasteiger partial charge >= 0.3 is 0 Å². The third-order valence-corrected chi connectivity index (χ3v) is 2.74. The molecule has 0 radical (unpaired) electrons. The fourth-order valence-corrected chi connectivity index (χ4v) is 1.59. The maximum Gasteiger partial charge on any atom is 0.208 e. The molecule has 100 valence electrons. The monoisotopic (exact) mass is 311 g/mol. The molecular formula is C15H22BrNO. The Hall–Kier alpha value is -1.09. The van der Waals surface area contributed by atoms with E-state index in [2.05, 4.69) is 45.2 Å². The highest BCUT2D eigenvalue weighted by Crippen LogP contribution is 2.09. The predicted molar refractivity (Wildman–Crippen MR) is 83.4 cm³/mol. The van der Waals surface area contributed by atoms with Crippen molar-refractivity contribution >= 4 is 21.8 Å². The first kappa shape index (κ1) is 16.9. The standard InChI is InChI=1S/C13H16BrNO.C2H6/c1-3-4-13(15-2)16-10-12-7-5-11(9-14)6-8-12;1-2/h3-8H,9-10H2,1-2H3;1-2H3/b4-3-,15-13?;. The number of allylic oxidation sites excluding steroid dienone is 1. The number of alkyl halides is 1. The van der Waals surface area contributed by atoms with Gasteiger partial charge in [-0.25, -0.2) is 0 Å². The van der Waals surface area contributed by atoms with Crippen molar-refractivity contribution < 1.29 is 4.74 Å². The maximum absolute atomic E-state index is 5.54. The lowest BCUT2D eigenvalue weighted by molar-refractivity contribution is 0.294. The highest BCUT2D eigenvalue weighted by Gasteiger charge is 1.97. The van der Waals surface area contributed by atoms with Crippen LogP contribution < -0.4 is 0 Å². The Kier molecular flexibility index (Phi) is 10.4. The molecule has 0 N–H and O–H groups in total. The van der Waals surface area contributed by atoms with Crippen LogP contribution in [-0.4, -0.2) is 12.9 Å².